The van der Waals surface area contributed by atoms with Gasteiger partial charge in [-0.3, -0.25) is 9.59 Å². The molecule has 2 N–H and O–H groups in total. The van der Waals surface area contributed by atoms with Crippen LogP contribution in [0.3, 0.4) is 0 Å². The predicted molar refractivity (Wildman–Crippen MR) is 121 cm³/mol. The fourth-order valence-electron chi connectivity index (χ4n) is 5.02. The number of aromatic amines is 1. The number of urea groups is 1. The molecule has 2 aliphatic heterocycles. The fourth-order valence-corrected chi connectivity index (χ4v) is 5.02. The van der Waals surface area contributed by atoms with Crippen molar-refractivity contribution in [2.75, 3.05) is 26.8 Å². The van der Waals surface area contributed by atoms with E-state index in [2.05, 4.69) is 10.3 Å². The average Bonchev–Trinajstić information content (AvgIpc) is 3.24. The number of ether oxygens (including phenoxy) is 1. The summed E-state index contributed by atoms with van der Waals surface area (Å²) in [5, 5.41) is 3.96. The van der Waals surface area contributed by atoms with Gasteiger partial charge in [0.1, 0.15) is 6.04 Å². The summed E-state index contributed by atoms with van der Waals surface area (Å²) < 4.78 is 5.04. The fraction of sp³-hybridized carbons (Fsp3) is 0.542. The normalized spacial score (nSPS) is 21.3. The van der Waals surface area contributed by atoms with Gasteiger partial charge < -0.3 is 19.9 Å². The zero-order valence-electron chi connectivity index (χ0n) is 19.2. The number of fused-ring (bicyclic) bond motifs is 5. The average molecular weight is 441 g/mol. The Bertz CT molecular complexity index is 1050. The van der Waals surface area contributed by atoms with Crippen molar-refractivity contribution in [3.05, 3.63) is 35.5 Å². The van der Waals surface area contributed by atoms with E-state index >= 15 is 0 Å². The maximum absolute atomic E-state index is 13.9. The van der Waals surface area contributed by atoms with Crippen LogP contribution in [0.5, 0.6) is 0 Å². The molecule has 172 valence electrons. The maximum atomic E-state index is 13.9. The second-order valence-corrected chi connectivity index (χ2v) is 9.24. The molecule has 1 saturated heterocycles. The van der Waals surface area contributed by atoms with E-state index in [4.69, 9.17) is 4.74 Å². The Morgan fingerprint density at radius 1 is 1.28 bits per heavy atom. The number of benzene rings is 1. The molecule has 0 aliphatic carbocycles. The minimum atomic E-state index is -1.14. The van der Waals surface area contributed by atoms with E-state index in [1.165, 1.54) is 4.90 Å². The molecule has 0 spiro atoms. The van der Waals surface area contributed by atoms with Gasteiger partial charge in [-0.25, -0.2) is 9.69 Å². The minimum absolute atomic E-state index is 0.138. The van der Waals surface area contributed by atoms with E-state index in [0.29, 0.717) is 39.0 Å². The number of carbonyl (C=O) groups excluding carboxylic acids is 3. The Balaban J connectivity index is 1.69. The highest BCUT2D eigenvalue weighted by atomic mass is 16.5. The van der Waals surface area contributed by atoms with E-state index in [0.717, 1.165) is 22.2 Å². The predicted octanol–water partition coefficient (Wildman–Crippen LogP) is 2.77. The van der Waals surface area contributed by atoms with Gasteiger partial charge >= 0.3 is 6.03 Å². The summed E-state index contributed by atoms with van der Waals surface area (Å²) in [5.74, 6) is -0.496. The zero-order chi connectivity index (χ0) is 23.0. The molecule has 2 unspecified atom stereocenters. The molecule has 1 aromatic heterocycles. The molecule has 2 aromatic rings. The molecule has 32 heavy (non-hydrogen) atoms. The van der Waals surface area contributed by atoms with Crippen molar-refractivity contribution in [1.82, 2.24) is 20.1 Å². The largest absolute Gasteiger partial charge is 0.385 e. The molecule has 1 aromatic carbocycles. The Hall–Kier alpha value is -2.87. The smallest absolute Gasteiger partial charge is 0.328 e. The van der Waals surface area contributed by atoms with Crippen LogP contribution in [0.15, 0.2) is 24.3 Å². The van der Waals surface area contributed by atoms with Crippen LogP contribution in [0.1, 0.15) is 44.9 Å². The van der Waals surface area contributed by atoms with Crippen LogP contribution in [0.4, 0.5) is 4.79 Å². The van der Waals surface area contributed by atoms with Gasteiger partial charge in [0.25, 0.3) is 5.91 Å². The van der Waals surface area contributed by atoms with Crippen LogP contribution < -0.4 is 5.32 Å². The van der Waals surface area contributed by atoms with Crippen LogP contribution in [0.2, 0.25) is 0 Å². The Morgan fingerprint density at radius 3 is 2.75 bits per heavy atom. The third-order valence-corrected chi connectivity index (χ3v) is 6.63. The van der Waals surface area contributed by atoms with Crippen LogP contribution >= 0.6 is 0 Å². The van der Waals surface area contributed by atoms with Gasteiger partial charge in [0.15, 0.2) is 5.54 Å². The number of amides is 4. The molecule has 1 fully saturated rings. The standard InChI is InChI=1S/C24H32N4O4/c1-15(2)14-19(21(29)25-11-7-13-32-4)28-22(30)24(3)20-17(10-12-27(24)23(28)31)16-8-5-6-9-18(16)26-20/h5-6,8-9,15,19,26H,7,10-14H2,1-4H3,(H,25,29). The van der Waals surface area contributed by atoms with Gasteiger partial charge in [0, 0.05) is 37.7 Å². The monoisotopic (exact) mass is 440 g/mol. The van der Waals surface area contributed by atoms with Crippen LogP contribution in [0.25, 0.3) is 10.9 Å². The van der Waals surface area contributed by atoms with Gasteiger partial charge in [-0.2, -0.15) is 0 Å². The number of hydrogen-bond acceptors (Lipinski definition) is 4. The number of aromatic nitrogens is 1. The summed E-state index contributed by atoms with van der Waals surface area (Å²) in [6, 6.07) is 6.72. The lowest BCUT2D eigenvalue weighted by molar-refractivity contribution is -0.140. The first-order valence-electron chi connectivity index (χ1n) is 11.3. The number of imide groups is 1. The summed E-state index contributed by atoms with van der Waals surface area (Å²) in [5.41, 5.74) is 1.64. The summed E-state index contributed by atoms with van der Waals surface area (Å²) in [7, 11) is 1.61. The second-order valence-electron chi connectivity index (χ2n) is 9.24. The molecule has 2 aliphatic rings. The first-order chi connectivity index (χ1) is 15.3. The summed E-state index contributed by atoms with van der Waals surface area (Å²) in [6.07, 6.45) is 1.75. The van der Waals surface area contributed by atoms with Crippen molar-refractivity contribution >= 4 is 28.7 Å². The zero-order valence-corrected chi connectivity index (χ0v) is 19.2. The lowest BCUT2D eigenvalue weighted by atomic mass is 9.87. The quantitative estimate of drug-likeness (QED) is 0.487. The molecule has 0 radical (unpaired) electrons. The van der Waals surface area contributed by atoms with Gasteiger partial charge in [-0.1, -0.05) is 32.0 Å². The third-order valence-electron chi connectivity index (χ3n) is 6.63. The highest BCUT2D eigenvalue weighted by Crippen LogP contribution is 2.44. The van der Waals surface area contributed by atoms with Crippen molar-refractivity contribution in [3.8, 4) is 0 Å². The molecule has 8 nitrogen and oxygen atoms in total. The number of H-pyrrole nitrogens is 1. The van der Waals surface area contributed by atoms with Gasteiger partial charge in [-0.15, -0.1) is 0 Å². The number of hydrogen-bond donors (Lipinski definition) is 2. The molecule has 0 bridgehead atoms. The molecule has 8 heteroatoms. The number of methoxy groups -OCH3 is 1. The number of para-hydroxylation sites is 1. The Kier molecular flexibility index (Phi) is 5.99. The molecule has 0 saturated carbocycles. The van der Waals surface area contributed by atoms with Gasteiger partial charge in [0.05, 0.1) is 5.69 Å². The lowest BCUT2D eigenvalue weighted by Crippen LogP contribution is -2.51. The second kappa shape index (κ2) is 8.58. The van der Waals surface area contributed by atoms with Crippen LogP contribution in [-0.2, 0) is 26.3 Å². The Morgan fingerprint density at radius 2 is 2.03 bits per heavy atom. The summed E-state index contributed by atoms with van der Waals surface area (Å²) in [4.78, 5) is 46.7. The molecule has 2 atom stereocenters. The van der Waals surface area contributed by atoms with E-state index in [-0.39, 0.29) is 23.8 Å². The van der Waals surface area contributed by atoms with Crippen molar-refractivity contribution in [3.63, 3.8) is 0 Å². The van der Waals surface area contributed by atoms with Gasteiger partial charge in [-0.05, 0) is 43.7 Å². The van der Waals surface area contributed by atoms with Gasteiger partial charge in [0.2, 0.25) is 5.91 Å². The van der Waals surface area contributed by atoms with E-state index in [9.17, 15) is 14.4 Å². The van der Waals surface area contributed by atoms with Crippen molar-refractivity contribution in [2.24, 2.45) is 5.92 Å². The van der Waals surface area contributed by atoms with Crippen LogP contribution in [0, 0.1) is 5.92 Å². The highest BCUT2D eigenvalue weighted by Gasteiger charge is 2.60. The SMILES string of the molecule is COCCCNC(=O)C(CC(C)C)N1C(=O)N2CCc3c([nH]c4ccccc34)C2(C)C1=O. The number of rotatable bonds is 8. The van der Waals surface area contributed by atoms with Crippen molar-refractivity contribution < 1.29 is 19.1 Å². The summed E-state index contributed by atoms with van der Waals surface area (Å²) in [6.45, 7) is 7.18. The molecule has 3 heterocycles. The topological polar surface area (TPSA) is 94.7 Å². The molecule has 4 rings (SSSR count). The lowest BCUT2D eigenvalue weighted by Gasteiger charge is -2.36. The highest BCUT2D eigenvalue weighted by molar-refractivity contribution is 6.11. The first-order valence-corrected chi connectivity index (χ1v) is 11.3. The Labute approximate surface area is 188 Å². The molecular formula is C24H32N4O4. The number of carbonyl (C=O) groups is 3. The molecule has 4 amide bonds. The molecular weight excluding hydrogens is 408 g/mol. The van der Waals surface area contributed by atoms with Crippen molar-refractivity contribution in [2.45, 2.75) is 51.6 Å². The van der Waals surface area contributed by atoms with Crippen LogP contribution in [-0.4, -0.2) is 65.5 Å². The van der Waals surface area contributed by atoms with E-state index in [1.54, 1.807) is 18.9 Å². The maximum Gasteiger partial charge on any atom is 0.328 e. The minimum Gasteiger partial charge on any atom is -0.385 e. The number of nitrogens with one attached hydrogen (secondary N) is 2. The van der Waals surface area contributed by atoms with Crippen molar-refractivity contribution in [1.29, 1.82) is 0 Å². The third kappa shape index (κ3) is 3.46. The van der Waals surface area contributed by atoms with E-state index < -0.39 is 11.6 Å². The first kappa shape index (κ1) is 22.3. The van der Waals surface area contributed by atoms with E-state index in [1.807, 2.05) is 38.1 Å². The number of nitrogens with zero attached hydrogens (tertiary/aromatic N) is 2. The summed E-state index contributed by atoms with van der Waals surface area (Å²) >= 11 is 0.